The van der Waals surface area contributed by atoms with Gasteiger partial charge in [0.1, 0.15) is 10.4 Å². The van der Waals surface area contributed by atoms with Crippen molar-refractivity contribution in [2.75, 3.05) is 51.7 Å². The number of nitrogens with zero attached hydrogens (tertiary/aromatic N) is 6. The standard InChI is InChI=1S/C29H33N7O3S/c1-33-11-7-18(8-12-33)31-26(39)23-24(38)19-16-30-28(35-13-9-29(10-14-35)15-22(37)34(2)17-29)32-25(19)36-20-5-3-4-6-21(20)40-27(23)36/h3-6,16,18H,7-15,17H2,1-2H3,(H,31,39). The quantitative estimate of drug-likeness (QED) is 0.412. The van der Waals surface area contributed by atoms with Gasteiger partial charge in [0.2, 0.25) is 17.3 Å². The predicted octanol–water partition coefficient (Wildman–Crippen LogP) is 2.73. The summed E-state index contributed by atoms with van der Waals surface area (Å²) in [7, 11) is 3.96. The molecule has 1 aromatic carbocycles. The van der Waals surface area contributed by atoms with Gasteiger partial charge in [-0.25, -0.2) is 4.98 Å². The number of hydrogen-bond acceptors (Lipinski definition) is 8. The molecule has 208 valence electrons. The first-order valence-electron chi connectivity index (χ1n) is 14.0. The Labute approximate surface area is 235 Å². The molecule has 6 heterocycles. The molecule has 3 aromatic heterocycles. The zero-order valence-corrected chi connectivity index (χ0v) is 23.7. The average molecular weight is 560 g/mol. The van der Waals surface area contributed by atoms with Crippen molar-refractivity contribution >= 4 is 55.2 Å². The molecule has 0 radical (unpaired) electrons. The highest BCUT2D eigenvalue weighted by Crippen LogP contribution is 2.41. The van der Waals surface area contributed by atoms with Crippen LogP contribution in [0.2, 0.25) is 0 Å². The van der Waals surface area contributed by atoms with E-state index in [1.807, 2.05) is 40.6 Å². The fourth-order valence-corrected chi connectivity index (χ4v) is 7.85. The van der Waals surface area contributed by atoms with Crippen LogP contribution in [0.1, 0.15) is 42.5 Å². The lowest BCUT2D eigenvalue weighted by Gasteiger charge is -2.38. The summed E-state index contributed by atoms with van der Waals surface area (Å²) in [4.78, 5) is 56.1. The maximum Gasteiger partial charge on any atom is 0.258 e. The Morgan fingerprint density at radius 2 is 1.82 bits per heavy atom. The number of para-hydroxylation sites is 1. The number of hydrogen-bond donors (Lipinski definition) is 1. The molecule has 1 N–H and O–H groups in total. The molecule has 3 aliphatic heterocycles. The maximum atomic E-state index is 13.9. The summed E-state index contributed by atoms with van der Waals surface area (Å²) in [5, 5.41) is 3.48. The Bertz CT molecular complexity index is 1710. The van der Waals surface area contributed by atoms with E-state index in [4.69, 9.17) is 4.98 Å². The second kappa shape index (κ2) is 9.52. The molecule has 0 saturated carbocycles. The number of fused-ring (bicyclic) bond motifs is 5. The molecule has 0 atom stereocenters. The number of carbonyl (C=O) groups excluding carboxylic acids is 2. The Hall–Kier alpha value is -3.57. The van der Waals surface area contributed by atoms with E-state index in [1.54, 1.807) is 6.20 Å². The van der Waals surface area contributed by atoms with Gasteiger partial charge in [0, 0.05) is 50.8 Å². The van der Waals surface area contributed by atoms with E-state index in [9.17, 15) is 14.4 Å². The molecule has 2 amide bonds. The van der Waals surface area contributed by atoms with Crippen LogP contribution in [-0.4, -0.2) is 88.8 Å². The summed E-state index contributed by atoms with van der Waals surface area (Å²) in [6, 6.07) is 7.98. The molecule has 11 heteroatoms. The lowest BCUT2D eigenvalue weighted by molar-refractivity contribution is -0.126. The Morgan fingerprint density at radius 1 is 1.07 bits per heavy atom. The summed E-state index contributed by atoms with van der Waals surface area (Å²) in [6.07, 6.45) is 5.72. The molecular formula is C29H33N7O3S. The SMILES string of the molecule is CN1CCC(NC(=O)c2c(=O)c3cnc(N4CCC5(CC4)CC(=O)N(C)C5)nc3n3c2sc2ccccc23)CC1. The van der Waals surface area contributed by atoms with E-state index >= 15 is 0 Å². The third-order valence-electron chi connectivity index (χ3n) is 9.08. The van der Waals surface area contributed by atoms with Crippen LogP contribution >= 0.6 is 11.3 Å². The number of anilines is 1. The monoisotopic (exact) mass is 559 g/mol. The van der Waals surface area contributed by atoms with E-state index in [0.29, 0.717) is 28.2 Å². The fraction of sp³-hybridized carbons (Fsp3) is 0.483. The normalized spacial score (nSPS) is 20.4. The van der Waals surface area contributed by atoms with Crippen molar-refractivity contribution in [3.05, 3.63) is 46.2 Å². The summed E-state index contributed by atoms with van der Waals surface area (Å²) >= 11 is 1.45. The lowest BCUT2D eigenvalue weighted by atomic mass is 9.78. The number of rotatable bonds is 3. The smallest absolute Gasteiger partial charge is 0.258 e. The Morgan fingerprint density at radius 3 is 2.55 bits per heavy atom. The second-order valence-electron chi connectivity index (χ2n) is 11.8. The van der Waals surface area contributed by atoms with Crippen molar-refractivity contribution in [3.63, 3.8) is 0 Å². The first-order chi connectivity index (χ1) is 19.3. The number of nitrogens with one attached hydrogen (secondary N) is 1. The number of likely N-dealkylation sites (tertiary alicyclic amines) is 2. The van der Waals surface area contributed by atoms with Crippen molar-refractivity contribution < 1.29 is 9.59 Å². The average Bonchev–Trinajstić information content (AvgIpc) is 3.46. The van der Waals surface area contributed by atoms with Gasteiger partial charge in [0.05, 0.1) is 15.6 Å². The van der Waals surface area contributed by atoms with Crippen molar-refractivity contribution in [1.29, 1.82) is 0 Å². The van der Waals surface area contributed by atoms with E-state index in [-0.39, 0.29) is 34.3 Å². The van der Waals surface area contributed by atoms with Crippen LogP contribution in [0.3, 0.4) is 0 Å². The van der Waals surface area contributed by atoms with Gasteiger partial charge in [-0.05, 0) is 58.0 Å². The van der Waals surface area contributed by atoms with Crippen LogP contribution in [0.4, 0.5) is 5.95 Å². The number of carbonyl (C=O) groups is 2. The molecule has 0 unspecified atom stereocenters. The largest absolute Gasteiger partial charge is 0.349 e. The number of thiazole rings is 1. The Balaban J connectivity index is 1.29. The second-order valence-corrected chi connectivity index (χ2v) is 12.8. The number of aromatic nitrogens is 3. The molecular weight excluding hydrogens is 526 g/mol. The highest BCUT2D eigenvalue weighted by molar-refractivity contribution is 7.24. The van der Waals surface area contributed by atoms with E-state index in [0.717, 1.165) is 68.6 Å². The zero-order valence-electron chi connectivity index (χ0n) is 22.9. The minimum atomic E-state index is -0.330. The maximum absolute atomic E-state index is 13.9. The van der Waals surface area contributed by atoms with Crippen molar-refractivity contribution in [2.24, 2.45) is 5.41 Å². The molecule has 40 heavy (non-hydrogen) atoms. The summed E-state index contributed by atoms with van der Waals surface area (Å²) < 4.78 is 2.94. The molecule has 3 saturated heterocycles. The highest BCUT2D eigenvalue weighted by Gasteiger charge is 2.44. The number of amides is 2. The van der Waals surface area contributed by atoms with Crippen molar-refractivity contribution in [2.45, 2.75) is 38.1 Å². The molecule has 4 aromatic rings. The molecule has 0 bridgehead atoms. The van der Waals surface area contributed by atoms with Crippen LogP contribution in [0.5, 0.6) is 0 Å². The molecule has 0 aliphatic carbocycles. The van der Waals surface area contributed by atoms with E-state index < -0.39 is 0 Å². The molecule has 7 rings (SSSR count). The van der Waals surface area contributed by atoms with Crippen LogP contribution in [0.25, 0.3) is 26.1 Å². The third kappa shape index (κ3) is 4.14. The van der Waals surface area contributed by atoms with Gasteiger partial charge >= 0.3 is 0 Å². The van der Waals surface area contributed by atoms with Gasteiger partial charge in [-0.2, -0.15) is 4.98 Å². The van der Waals surface area contributed by atoms with Gasteiger partial charge in [0.15, 0.2) is 5.65 Å². The molecule has 1 spiro atoms. The van der Waals surface area contributed by atoms with E-state index in [2.05, 4.69) is 27.1 Å². The van der Waals surface area contributed by atoms with Crippen LogP contribution < -0.4 is 15.6 Å². The van der Waals surface area contributed by atoms with Gasteiger partial charge in [-0.15, -0.1) is 11.3 Å². The number of benzene rings is 1. The van der Waals surface area contributed by atoms with Crippen molar-refractivity contribution in [1.82, 2.24) is 29.5 Å². The molecule has 3 aliphatic rings. The first-order valence-corrected chi connectivity index (χ1v) is 14.8. The van der Waals surface area contributed by atoms with Gasteiger partial charge in [-0.1, -0.05) is 12.1 Å². The van der Waals surface area contributed by atoms with Gasteiger partial charge < -0.3 is 20.0 Å². The summed E-state index contributed by atoms with van der Waals surface area (Å²) in [5.41, 5.74) is 1.30. The van der Waals surface area contributed by atoms with Crippen LogP contribution in [-0.2, 0) is 4.79 Å². The fourth-order valence-electron chi connectivity index (χ4n) is 6.67. The van der Waals surface area contributed by atoms with Gasteiger partial charge in [-0.3, -0.25) is 18.8 Å². The van der Waals surface area contributed by atoms with Crippen molar-refractivity contribution in [3.8, 4) is 0 Å². The highest BCUT2D eigenvalue weighted by atomic mass is 32.1. The first kappa shape index (κ1) is 25.4. The van der Waals surface area contributed by atoms with E-state index in [1.165, 1.54) is 11.3 Å². The third-order valence-corrected chi connectivity index (χ3v) is 10.2. The summed E-state index contributed by atoms with van der Waals surface area (Å²) in [6.45, 7) is 4.15. The number of pyridine rings is 1. The molecule has 3 fully saturated rings. The predicted molar refractivity (Wildman–Crippen MR) is 156 cm³/mol. The molecule has 10 nitrogen and oxygen atoms in total. The van der Waals surface area contributed by atoms with Crippen LogP contribution in [0, 0.1) is 5.41 Å². The lowest BCUT2D eigenvalue weighted by Crippen LogP contribution is -2.44. The zero-order chi connectivity index (χ0) is 27.6. The Kier molecular flexibility index (Phi) is 6.04. The van der Waals surface area contributed by atoms with Gasteiger partial charge in [0.25, 0.3) is 5.91 Å². The van der Waals surface area contributed by atoms with Crippen LogP contribution in [0.15, 0.2) is 35.3 Å². The number of piperidine rings is 2. The minimum absolute atomic E-state index is 0.0307. The topological polar surface area (TPSA) is 103 Å². The minimum Gasteiger partial charge on any atom is -0.349 e. The summed E-state index contributed by atoms with van der Waals surface area (Å²) in [5.74, 6) is 0.469.